The van der Waals surface area contributed by atoms with E-state index in [1.807, 2.05) is 31.2 Å². The van der Waals surface area contributed by atoms with E-state index in [0.29, 0.717) is 11.6 Å². The number of hydrogen-bond acceptors (Lipinski definition) is 3. The summed E-state index contributed by atoms with van der Waals surface area (Å²) in [5, 5.41) is 2.80. The van der Waals surface area contributed by atoms with E-state index < -0.39 is 11.6 Å². The Morgan fingerprint density at radius 2 is 1.86 bits per heavy atom. The Morgan fingerprint density at radius 3 is 2.57 bits per heavy atom. The lowest BCUT2D eigenvalue weighted by Crippen LogP contribution is -2.24. The van der Waals surface area contributed by atoms with Gasteiger partial charge in [-0.1, -0.05) is 18.2 Å². The number of amides is 1. The van der Waals surface area contributed by atoms with Gasteiger partial charge in [-0.2, -0.15) is 0 Å². The summed E-state index contributed by atoms with van der Waals surface area (Å²) in [6.07, 6.45) is 4.23. The third kappa shape index (κ3) is 5.48. The predicted octanol–water partition coefficient (Wildman–Crippen LogP) is 5.04. The zero-order valence-electron chi connectivity index (χ0n) is 15.1. The minimum Gasteiger partial charge on any atom is -0.439 e. The smallest absolute Gasteiger partial charge is 0.244 e. The highest BCUT2D eigenvalue weighted by molar-refractivity contribution is 5.91. The zero-order valence-corrected chi connectivity index (χ0v) is 15.1. The van der Waals surface area contributed by atoms with Crippen molar-refractivity contribution in [3.63, 3.8) is 0 Å². The lowest BCUT2D eigenvalue weighted by molar-refractivity contribution is -0.117. The van der Waals surface area contributed by atoms with E-state index >= 15 is 0 Å². The van der Waals surface area contributed by atoms with Gasteiger partial charge in [0.1, 0.15) is 17.4 Å². The number of ether oxygens (including phenoxy) is 1. The fraction of sp³-hybridized carbons (Fsp3) is 0.0909. The van der Waals surface area contributed by atoms with E-state index in [1.54, 1.807) is 24.4 Å². The van der Waals surface area contributed by atoms with Crippen LogP contribution in [0.2, 0.25) is 0 Å². The van der Waals surface area contributed by atoms with Crippen LogP contribution in [0.25, 0.3) is 6.08 Å². The van der Waals surface area contributed by atoms with Crippen LogP contribution in [0.4, 0.5) is 8.78 Å². The Morgan fingerprint density at radius 1 is 1.07 bits per heavy atom. The highest BCUT2D eigenvalue weighted by atomic mass is 19.1. The van der Waals surface area contributed by atoms with Crippen molar-refractivity contribution in [2.45, 2.75) is 13.0 Å². The second-order valence-electron chi connectivity index (χ2n) is 6.11. The summed E-state index contributed by atoms with van der Waals surface area (Å²) in [5.74, 6) is -0.700. The summed E-state index contributed by atoms with van der Waals surface area (Å²) in [6.45, 7) is 1.83. The maximum Gasteiger partial charge on any atom is 0.244 e. The van der Waals surface area contributed by atoms with E-state index in [0.717, 1.165) is 23.8 Å². The van der Waals surface area contributed by atoms with E-state index in [1.165, 1.54) is 12.2 Å². The molecule has 142 valence electrons. The van der Waals surface area contributed by atoms with Crippen LogP contribution < -0.4 is 10.1 Å². The fourth-order valence-corrected chi connectivity index (χ4v) is 2.56. The van der Waals surface area contributed by atoms with Crippen molar-refractivity contribution in [2.75, 3.05) is 0 Å². The molecule has 0 spiro atoms. The summed E-state index contributed by atoms with van der Waals surface area (Å²) >= 11 is 0. The van der Waals surface area contributed by atoms with Gasteiger partial charge in [0.15, 0.2) is 0 Å². The predicted molar refractivity (Wildman–Crippen MR) is 103 cm³/mol. The van der Waals surface area contributed by atoms with Gasteiger partial charge in [-0.3, -0.25) is 4.79 Å². The Bertz CT molecular complexity index is 971. The zero-order chi connectivity index (χ0) is 19.9. The molecule has 0 aliphatic carbocycles. The van der Waals surface area contributed by atoms with Gasteiger partial charge in [0, 0.05) is 24.4 Å². The van der Waals surface area contributed by atoms with Crippen molar-refractivity contribution in [3.8, 4) is 11.6 Å². The van der Waals surface area contributed by atoms with Crippen molar-refractivity contribution in [1.82, 2.24) is 10.3 Å². The third-order valence-electron chi connectivity index (χ3n) is 3.89. The first-order valence-electron chi connectivity index (χ1n) is 8.63. The Kier molecular flexibility index (Phi) is 6.11. The summed E-state index contributed by atoms with van der Waals surface area (Å²) < 4.78 is 32.1. The molecule has 0 radical (unpaired) electrons. The molecule has 0 aliphatic heterocycles. The van der Waals surface area contributed by atoms with Crippen molar-refractivity contribution in [3.05, 3.63) is 95.7 Å². The van der Waals surface area contributed by atoms with Crippen LogP contribution in [-0.4, -0.2) is 10.9 Å². The minimum atomic E-state index is -0.696. The number of carbonyl (C=O) groups is 1. The summed E-state index contributed by atoms with van der Waals surface area (Å²) in [4.78, 5) is 16.2. The van der Waals surface area contributed by atoms with Crippen molar-refractivity contribution < 1.29 is 18.3 Å². The normalized spacial score (nSPS) is 12.0. The molecular formula is C22H18F2N2O2. The standard InChI is InChI=1S/C22H18F2N2O2/c1-15(26-21(27)9-8-16-11-18(23)14-19(24)12-16)17-5-4-6-20(13-17)28-22-7-2-3-10-25-22/h2-15H,1H3,(H,26,27)/t15-/m0/s1. The van der Waals surface area contributed by atoms with Crippen LogP contribution in [0.15, 0.2) is 72.9 Å². The van der Waals surface area contributed by atoms with Gasteiger partial charge in [-0.25, -0.2) is 13.8 Å². The van der Waals surface area contributed by atoms with Gasteiger partial charge in [0.05, 0.1) is 6.04 Å². The van der Waals surface area contributed by atoms with Gasteiger partial charge in [-0.15, -0.1) is 0 Å². The molecule has 28 heavy (non-hydrogen) atoms. The molecular weight excluding hydrogens is 362 g/mol. The summed E-state index contributed by atoms with van der Waals surface area (Å²) in [7, 11) is 0. The number of halogens is 2. The van der Waals surface area contributed by atoms with Crippen LogP contribution in [0, 0.1) is 11.6 Å². The van der Waals surface area contributed by atoms with Crippen molar-refractivity contribution in [2.24, 2.45) is 0 Å². The molecule has 6 heteroatoms. The highest BCUT2D eigenvalue weighted by Gasteiger charge is 2.09. The Balaban J connectivity index is 1.63. The Hall–Kier alpha value is -3.54. The average molecular weight is 380 g/mol. The molecule has 1 N–H and O–H groups in total. The van der Waals surface area contributed by atoms with Crippen LogP contribution in [0.3, 0.4) is 0 Å². The highest BCUT2D eigenvalue weighted by Crippen LogP contribution is 2.23. The van der Waals surface area contributed by atoms with E-state index in [-0.39, 0.29) is 17.5 Å². The van der Waals surface area contributed by atoms with Crippen LogP contribution >= 0.6 is 0 Å². The molecule has 1 atom stereocenters. The minimum absolute atomic E-state index is 0.270. The van der Waals surface area contributed by atoms with E-state index in [9.17, 15) is 13.6 Å². The number of carbonyl (C=O) groups excluding carboxylic acids is 1. The van der Waals surface area contributed by atoms with E-state index in [2.05, 4.69) is 10.3 Å². The van der Waals surface area contributed by atoms with Crippen molar-refractivity contribution in [1.29, 1.82) is 0 Å². The number of aromatic nitrogens is 1. The molecule has 1 amide bonds. The largest absolute Gasteiger partial charge is 0.439 e. The van der Waals surface area contributed by atoms with Gasteiger partial charge in [-0.05, 0) is 54.5 Å². The van der Waals surface area contributed by atoms with Crippen LogP contribution in [0.1, 0.15) is 24.1 Å². The maximum absolute atomic E-state index is 13.2. The molecule has 0 unspecified atom stereocenters. The first-order valence-corrected chi connectivity index (χ1v) is 8.63. The first-order chi connectivity index (χ1) is 13.5. The molecule has 0 bridgehead atoms. The second kappa shape index (κ2) is 8.90. The fourth-order valence-electron chi connectivity index (χ4n) is 2.56. The maximum atomic E-state index is 13.2. The molecule has 2 aromatic carbocycles. The summed E-state index contributed by atoms with van der Waals surface area (Å²) in [5.41, 5.74) is 1.11. The molecule has 0 aliphatic rings. The number of pyridine rings is 1. The number of rotatable bonds is 6. The van der Waals surface area contributed by atoms with Crippen LogP contribution in [-0.2, 0) is 4.79 Å². The topological polar surface area (TPSA) is 51.2 Å². The quantitative estimate of drug-likeness (QED) is 0.610. The second-order valence-corrected chi connectivity index (χ2v) is 6.11. The average Bonchev–Trinajstić information content (AvgIpc) is 2.67. The number of nitrogens with zero attached hydrogens (tertiary/aromatic N) is 1. The Labute approximate surface area is 161 Å². The molecule has 3 rings (SSSR count). The van der Waals surface area contributed by atoms with Crippen molar-refractivity contribution >= 4 is 12.0 Å². The molecule has 0 saturated heterocycles. The number of hydrogen-bond donors (Lipinski definition) is 1. The SMILES string of the molecule is C[C@H](NC(=O)C=Cc1cc(F)cc(F)c1)c1cccc(Oc2ccccn2)c1. The molecule has 4 nitrogen and oxygen atoms in total. The molecule has 0 fully saturated rings. The molecule has 3 aromatic rings. The monoisotopic (exact) mass is 380 g/mol. The lowest BCUT2D eigenvalue weighted by Gasteiger charge is -2.14. The molecule has 1 heterocycles. The van der Waals surface area contributed by atoms with Gasteiger partial charge in [0.25, 0.3) is 0 Å². The van der Waals surface area contributed by atoms with Gasteiger partial charge >= 0.3 is 0 Å². The number of nitrogens with one attached hydrogen (secondary N) is 1. The third-order valence-corrected chi connectivity index (χ3v) is 3.89. The molecule has 1 aromatic heterocycles. The van der Waals surface area contributed by atoms with Gasteiger partial charge < -0.3 is 10.1 Å². The summed E-state index contributed by atoms with van der Waals surface area (Å²) in [6, 6.07) is 15.4. The first kappa shape index (κ1) is 19.2. The van der Waals surface area contributed by atoms with Crippen LogP contribution in [0.5, 0.6) is 11.6 Å². The number of benzene rings is 2. The lowest BCUT2D eigenvalue weighted by atomic mass is 10.1. The van der Waals surface area contributed by atoms with E-state index in [4.69, 9.17) is 4.74 Å². The van der Waals surface area contributed by atoms with Gasteiger partial charge in [0.2, 0.25) is 11.8 Å². The molecule has 0 saturated carbocycles.